The molecule has 1 aromatic carbocycles. The first-order valence-electron chi connectivity index (χ1n) is 12.1. The molecule has 3 heterocycles. The molecule has 2 amide bonds. The number of ether oxygens (including phenoxy) is 1. The number of anilines is 2. The number of nitrogens with zero attached hydrogens (tertiary/aromatic N) is 5. The van der Waals surface area contributed by atoms with Gasteiger partial charge in [-0.3, -0.25) is 9.59 Å². The van der Waals surface area contributed by atoms with E-state index in [0.29, 0.717) is 67.6 Å². The second-order valence-corrected chi connectivity index (χ2v) is 9.62. The van der Waals surface area contributed by atoms with E-state index in [4.69, 9.17) is 21.3 Å². The Morgan fingerprint density at radius 1 is 1.17 bits per heavy atom. The monoisotopic (exact) mass is 500 g/mol. The molecular formula is C25H33ClN6O3. The molecule has 2 aromatic rings. The topological polar surface area (TPSA) is 90.9 Å². The number of hydrogen-bond acceptors (Lipinski definition) is 7. The Balaban J connectivity index is 1.64. The van der Waals surface area contributed by atoms with Gasteiger partial charge in [-0.15, -0.1) is 0 Å². The molecule has 1 unspecified atom stereocenters. The summed E-state index contributed by atoms with van der Waals surface area (Å²) in [5.74, 6) is 1.78. The summed E-state index contributed by atoms with van der Waals surface area (Å²) in [4.78, 5) is 40.1. The van der Waals surface area contributed by atoms with Gasteiger partial charge < -0.3 is 24.8 Å². The van der Waals surface area contributed by atoms with Crippen LogP contribution in [0.2, 0.25) is 5.02 Å². The second kappa shape index (κ2) is 10.3. The number of fused-ring (bicyclic) bond motifs is 1. The smallest absolute Gasteiger partial charge is 0.273 e. The number of rotatable bonds is 7. The molecule has 4 rings (SSSR count). The molecule has 1 atom stereocenters. The predicted molar refractivity (Wildman–Crippen MR) is 136 cm³/mol. The zero-order valence-corrected chi connectivity index (χ0v) is 21.7. The van der Waals surface area contributed by atoms with Crippen molar-refractivity contribution in [3.8, 4) is 5.75 Å². The summed E-state index contributed by atoms with van der Waals surface area (Å²) in [6, 6.07) is 5.67. The second-order valence-electron chi connectivity index (χ2n) is 9.21. The highest BCUT2D eigenvalue weighted by molar-refractivity contribution is 6.32. The number of nitrogens with one attached hydrogen (secondary N) is 1. The van der Waals surface area contributed by atoms with Gasteiger partial charge in [-0.25, -0.2) is 4.98 Å². The summed E-state index contributed by atoms with van der Waals surface area (Å²) in [6.07, 6.45) is 0. The van der Waals surface area contributed by atoms with Crippen molar-refractivity contribution in [1.82, 2.24) is 19.8 Å². The number of aromatic nitrogens is 2. The van der Waals surface area contributed by atoms with Gasteiger partial charge in [0.1, 0.15) is 17.3 Å². The fourth-order valence-electron chi connectivity index (χ4n) is 4.42. The minimum Gasteiger partial charge on any atom is -0.492 e. The van der Waals surface area contributed by atoms with E-state index in [1.54, 1.807) is 11.8 Å². The Hall–Kier alpha value is -3.07. The fraction of sp³-hybridized carbons (Fsp3) is 0.520. The van der Waals surface area contributed by atoms with Crippen LogP contribution in [0.3, 0.4) is 0 Å². The summed E-state index contributed by atoms with van der Waals surface area (Å²) in [5, 5.41) is 4.06. The molecule has 0 radical (unpaired) electrons. The quantitative estimate of drug-likeness (QED) is 0.619. The van der Waals surface area contributed by atoms with Crippen LogP contribution >= 0.6 is 11.6 Å². The molecule has 1 aromatic heterocycles. The highest BCUT2D eigenvalue weighted by Gasteiger charge is 2.35. The minimum atomic E-state index is -0.118. The molecule has 0 saturated carbocycles. The van der Waals surface area contributed by atoms with E-state index in [9.17, 15) is 9.59 Å². The minimum absolute atomic E-state index is 0.0504. The van der Waals surface area contributed by atoms with E-state index in [1.165, 1.54) is 0 Å². The molecule has 10 heteroatoms. The number of piperazine rings is 1. The summed E-state index contributed by atoms with van der Waals surface area (Å²) in [5.41, 5.74) is 2.23. The van der Waals surface area contributed by atoms with Gasteiger partial charge in [0.2, 0.25) is 11.9 Å². The van der Waals surface area contributed by atoms with Crippen LogP contribution in [0.1, 0.15) is 62.3 Å². The average molecular weight is 501 g/mol. The van der Waals surface area contributed by atoms with Gasteiger partial charge in [0.05, 0.1) is 24.2 Å². The van der Waals surface area contributed by atoms with Gasteiger partial charge in [0.15, 0.2) is 0 Å². The molecule has 9 nitrogen and oxygen atoms in total. The van der Waals surface area contributed by atoms with Crippen LogP contribution in [0.4, 0.5) is 11.8 Å². The van der Waals surface area contributed by atoms with Crippen molar-refractivity contribution >= 4 is 35.2 Å². The maximum absolute atomic E-state index is 13.2. The maximum atomic E-state index is 13.2. The summed E-state index contributed by atoms with van der Waals surface area (Å²) < 4.78 is 5.56. The Kier molecular flexibility index (Phi) is 7.35. The van der Waals surface area contributed by atoms with Gasteiger partial charge in [-0.05, 0) is 45.4 Å². The van der Waals surface area contributed by atoms with Crippen molar-refractivity contribution in [2.24, 2.45) is 0 Å². The molecule has 0 spiro atoms. The van der Waals surface area contributed by atoms with Crippen molar-refractivity contribution in [1.29, 1.82) is 0 Å². The first kappa shape index (κ1) is 25.0. The highest BCUT2D eigenvalue weighted by atomic mass is 35.5. The molecule has 2 aliphatic heterocycles. The Labute approximate surface area is 211 Å². The molecule has 188 valence electrons. The molecular weight excluding hydrogens is 468 g/mol. The summed E-state index contributed by atoms with van der Waals surface area (Å²) in [6.45, 7) is 13.0. The van der Waals surface area contributed by atoms with Crippen molar-refractivity contribution in [2.45, 2.75) is 53.2 Å². The van der Waals surface area contributed by atoms with Crippen LogP contribution in [-0.4, -0.2) is 70.4 Å². The van der Waals surface area contributed by atoms with Crippen molar-refractivity contribution in [3.63, 3.8) is 0 Å². The van der Waals surface area contributed by atoms with Gasteiger partial charge in [-0.2, -0.15) is 4.98 Å². The fourth-order valence-corrected chi connectivity index (χ4v) is 4.67. The number of halogens is 1. The van der Waals surface area contributed by atoms with E-state index < -0.39 is 0 Å². The standard InChI is InChI=1S/C25H33ClN6O3/c1-6-35-21-8-7-18(13-20(21)26)16(4)27-23-19-14-32(15(2)3)24(34)22(19)28-25(29-23)31-11-9-30(10-12-31)17(5)33/h7-8,13,15-16H,6,9-12,14H2,1-5H3,(H,27,28,29). The zero-order valence-electron chi connectivity index (χ0n) is 21.0. The van der Waals surface area contributed by atoms with Gasteiger partial charge in [0.25, 0.3) is 5.91 Å². The van der Waals surface area contributed by atoms with E-state index in [2.05, 4.69) is 10.3 Å². The number of carbonyl (C=O) groups is 2. The van der Waals surface area contributed by atoms with Crippen LogP contribution in [0.25, 0.3) is 0 Å². The predicted octanol–water partition coefficient (Wildman–Crippen LogP) is 3.73. The van der Waals surface area contributed by atoms with Crippen LogP contribution in [0.5, 0.6) is 5.75 Å². The van der Waals surface area contributed by atoms with Crippen LogP contribution < -0.4 is 15.0 Å². The van der Waals surface area contributed by atoms with E-state index in [-0.39, 0.29) is 23.9 Å². The van der Waals surface area contributed by atoms with E-state index >= 15 is 0 Å². The summed E-state index contributed by atoms with van der Waals surface area (Å²) in [7, 11) is 0. The largest absolute Gasteiger partial charge is 0.492 e. The van der Waals surface area contributed by atoms with Crippen LogP contribution in [-0.2, 0) is 11.3 Å². The molecule has 0 aliphatic carbocycles. The molecule has 1 N–H and O–H groups in total. The first-order chi connectivity index (χ1) is 16.7. The third kappa shape index (κ3) is 5.15. The SMILES string of the molecule is CCOc1ccc(C(C)Nc2nc(N3CCN(C(C)=O)CC3)nc3c2CN(C(C)C)C3=O)cc1Cl. The number of amides is 2. The Morgan fingerprint density at radius 2 is 1.89 bits per heavy atom. The summed E-state index contributed by atoms with van der Waals surface area (Å²) >= 11 is 6.42. The highest BCUT2D eigenvalue weighted by Crippen LogP contribution is 2.34. The third-order valence-corrected chi connectivity index (χ3v) is 6.82. The van der Waals surface area contributed by atoms with Crippen molar-refractivity contribution in [3.05, 3.63) is 40.0 Å². The van der Waals surface area contributed by atoms with Gasteiger partial charge in [-0.1, -0.05) is 17.7 Å². The lowest BCUT2D eigenvalue weighted by Crippen LogP contribution is -2.48. The first-order valence-corrected chi connectivity index (χ1v) is 12.5. The van der Waals surface area contributed by atoms with Gasteiger partial charge in [0, 0.05) is 44.7 Å². The van der Waals surface area contributed by atoms with Crippen LogP contribution in [0.15, 0.2) is 18.2 Å². The van der Waals surface area contributed by atoms with E-state index in [1.807, 2.05) is 55.7 Å². The lowest BCUT2D eigenvalue weighted by molar-refractivity contribution is -0.129. The number of carbonyl (C=O) groups excluding carboxylic acids is 2. The lowest BCUT2D eigenvalue weighted by atomic mass is 10.1. The molecule has 2 aliphatic rings. The van der Waals surface area contributed by atoms with Crippen molar-refractivity contribution in [2.75, 3.05) is 43.0 Å². The average Bonchev–Trinajstić information content (AvgIpc) is 3.17. The molecule has 1 fully saturated rings. The van der Waals surface area contributed by atoms with Crippen molar-refractivity contribution < 1.29 is 14.3 Å². The normalized spacial score (nSPS) is 16.5. The lowest BCUT2D eigenvalue weighted by Gasteiger charge is -2.34. The molecule has 0 bridgehead atoms. The number of hydrogen-bond donors (Lipinski definition) is 1. The number of benzene rings is 1. The zero-order chi connectivity index (χ0) is 25.3. The van der Waals surface area contributed by atoms with Crippen LogP contribution in [0, 0.1) is 0 Å². The third-order valence-electron chi connectivity index (χ3n) is 6.53. The van der Waals surface area contributed by atoms with Gasteiger partial charge >= 0.3 is 0 Å². The molecule has 1 saturated heterocycles. The van der Waals surface area contributed by atoms with E-state index in [0.717, 1.165) is 11.1 Å². The Morgan fingerprint density at radius 3 is 2.49 bits per heavy atom. The molecule has 35 heavy (non-hydrogen) atoms. The maximum Gasteiger partial charge on any atom is 0.273 e. The Bertz CT molecular complexity index is 1120.